The normalized spacial score (nSPS) is 23.7. The minimum atomic E-state index is 0.0564. The van der Waals surface area contributed by atoms with E-state index in [1.807, 2.05) is 24.4 Å². The Balaban J connectivity index is 1.22. The van der Waals surface area contributed by atoms with Crippen LogP contribution in [-0.4, -0.2) is 51.9 Å². The van der Waals surface area contributed by atoms with Crippen molar-refractivity contribution in [3.8, 4) is 11.3 Å². The summed E-state index contributed by atoms with van der Waals surface area (Å²) in [5.41, 5.74) is 4.39. The zero-order chi connectivity index (χ0) is 20.8. The predicted molar refractivity (Wildman–Crippen MR) is 119 cm³/mol. The predicted octanol–water partition coefficient (Wildman–Crippen LogP) is 3.79. The van der Waals surface area contributed by atoms with E-state index in [-0.39, 0.29) is 5.41 Å². The number of aryl methyl sites for hydroxylation is 1. The molecule has 0 N–H and O–H groups in total. The average Bonchev–Trinajstić information content (AvgIpc) is 3.51. The summed E-state index contributed by atoms with van der Waals surface area (Å²) in [4.78, 5) is 19.7. The van der Waals surface area contributed by atoms with Crippen LogP contribution in [0.15, 0.2) is 42.6 Å². The fourth-order valence-corrected chi connectivity index (χ4v) is 5.64. The van der Waals surface area contributed by atoms with Crippen molar-refractivity contribution in [2.75, 3.05) is 26.3 Å². The Morgan fingerprint density at radius 1 is 1.13 bits per heavy atom. The number of ether oxygens (including phenoxy) is 1. The highest BCUT2D eigenvalue weighted by molar-refractivity contribution is 5.83. The van der Waals surface area contributed by atoms with Crippen LogP contribution in [0.4, 0.5) is 0 Å². The number of nitrogens with zero attached hydrogens (tertiary/aromatic N) is 4. The summed E-state index contributed by atoms with van der Waals surface area (Å²) >= 11 is 0. The van der Waals surface area contributed by atoms with Gasteiger partial charge in [-0.25, -0.2) is 0 Å². The summed E-state index contributed by atoms with van der Waals surface area (Å²) in [6, 6.07) is 12.6. The maximum Gasteiger partial charge on any atom is 0.222 e. The van der Waals surface area contributed by atoms with Crippen LogP contribution in [0.1, 0.15) is 37.8 Å². The molecule has 2 aromatic heterocycles. The molecule has 6 heteroatoms. The van der Waals surface area contributed by atoms with E-state index in [0.29, 0.717) is 18.2 Å². The quantitative estimate of drug-likeness (QED) is 0.652. The highest BCUT2D eigenvalue weighted by atomic mass is 16.5. The molecule has 0 radical (unpaired) electrons. The molecule has 3 aromatic rings. The molecule has 6 rings (SSSR count). The first-order valence-electron chi connectivity index (χ1n) is 11.5. The topological polar surface area (TPSA) is 60.2 Å². The molecular weight excluding hydrogens is 388 g/mol. The first-order valence-corrected chi connectivity index (χ1v) is 11.5. The molecule has 0 saturated carbocycles. The number of likely N-dealkylation sites (tertiary alicyclic amines) is 1. The first kappa shape index (κ1) is 19.0. The highest BCUT2D eigenvalue weighted by Crippen LogP contribution is 2.44. The molecule has 0 aliphatic carbocycles. The second-order valence-electron chi connectivity index (χ2n) is 9.41. The van der Waals surface area contributed by atoms with Crippen LogP contribution in [0.3, 0.4) is 0 Å². The van der Waals surface area contributed by atoms with Gasteiger partial charge in [0.25, 0.3) is 0 Å². The van der Waals surface area contributed by atoms with E-state index < -0.39 is 0 Å². The van der Waals surface area contributed by atoms with Gasteiger partial charge in [0.1, 0.15) is 0 Å². The molecule has 1 amide bonds. The van der Waals surface area contributed by atoms with Crippen molar-refractivity contribution >= 4 is 16.8 Å². The summed E-state index contributed by atoms with van der Waals surface area (Å²) in [5, 5.41) is 6.04. The minimum Gasteiger partial charge on any atom is -0.381 e. The Kier molecular flexibility index (Phi) is 4.56. The number of carbonyl (C=O) groups is 1. The number of rotatable bonds is 3. The third-order valence-electron chi connectivity index (χ3n) is 7.52. The molecule has 6 nitrogen and oxygen atoms in total. The second kappa shape index (κ2) is 7.45. The van der Waals surface area contributed by atoms with Crippen LogP contribution in [0.5, 0.6) is 0 Å². The van der Waals surface area contributed by atoms with Gasteiger partial charge in [0, 0.05) is 67.5 Å². The molecule has 2 fully saturated rings. The SMILES string of the molecule is O=C(CC1CCOCC1)N1CCC2(CCn3nc(-c4cnc5ccccc5c4)cc32)C1. The van der Waals surface area contributed by atoms with Crippen molar-refractivity contribution in [3.05, 3.63) is 48.3 Å². The van der Waals surface area contributed by atoms with Crippen LogP contribution < -0.4 is 0 Å². The summed E-state index contributed by atoms with van der Waals surface area (Å²) < 4.78 is 7.61. The van der Waals surface area contributed by atoms with Gasteiger partial charge in [0.15, 0.2) is 0 Å². The smallest absolute Gasteiger partial charge is 0.222 e. The van der Waals surface area contributed by atoms with Crippen molar-refractivity contribution < 1.29 is 9.53 Å². The number of carbonyl (C=O) groups excluding carboxylic acids is 1. The third-order valence-corrected chi connectivity index (χ3v) is 7.52. The van der Waals surface area contributed by atoms with Gasteiger partial charge in [-0.15, -0.1) is 0 Å². The van der Waals surface area contributed by atoms with Gasteiger partial charge in [-0.3, -0.25) is 14.5 Å². The molecule has 1 spiro atoms. The third kappa shape index (κ3) is 3.33. The number of hydrogen-bond acceptors (Lipinski definition) is 4. The molecule has 3 aliphatic rings. The fourth-order valence-electron chi connectivity index (χ4n) is 5.64. The Bertz CT molecular complexity index is 1130. The van der Waals surface area contributed by atoms with Crippen molar-refractivity contribution in [2.45, 2.75) is 44.1 Å². The van der Waals surface area contributed by atoms with Gasteiger partial charge < -0.3 is 9.64 Å². The van der Waals surface area contributed by atoms with Crippen LogP contribution in [-0.2, 0) is 21.5 Å². The summed E-state index contributed by atoms with van der Waals surface area (Å²) in [6.07, 6.45) is 6.74. The zero-order valence-electron chi connectivity index (χ0n) is 17.8. The van der Waals surface area contributed by atoms with Crippen LogP contribution in [0.25, 0.3) is 22.2 Å². The Hall–Kier alpha value is -2.73. The maximum atomic E-state index is 13.0. The first-order chi connectivity index (χ1) is 15.2. The Morgan fingerprint density at radius 3 is 2.87 bits per heavy atom. The zero-order valence-corrected chi connectivity index (χ0v) is 17.8. The molecule has 2 saturated heterocycles. The molecule has 3 aliphatic heterocycles. The standard InChI is InChI=1S/C25H28N4O2/c30-24(13-18-5-11-31-12-6-18)28-9-7-25(17-28)8-10-29-23(25)15-22(27-29)20-14-19-3-1-2-4-21(19)26-16-20/h1-4,14-16,18H,5-13,17H2. The monoisotopic (exact) mass is 416 g/mol. The number of benzene rings is 1. The van der Waals surface area contributed by atoms with E-state index in [0.717, 1.165) is 80.7 Å². The molecule has 1 aromatic carbocycles. The molecule has 31 heavy (non-hydrogen) atoms. The fraction of sp³-hybridized carbons (Fsp3) is 0.480. The lowest BCUT2D eigenvalue weighted by Crippen LogP contribution is -2.35. The largest absolute Gasteiger partial charge is 0.381 e. The van der Waals surface area contributed by atoms with E-state index in [2.05, 4.69) is 32.8 Å². The molecule has 0 bridgehead atoms. The van der Waals surface area contributed by atoms with Crippen LogP contribution >= 0.6 is 0 Å². The Morgan fingerprint density at radius 2 is 1.97 bits per heavy atom. The van der Waals surface area contributed by atoms with Gasteiger partial charge in [-0.2, -0.15) is 5.10 Å². The van der Waals surface area contributed by atoms with Crippen molar-refractivity contribution in [1.82, 2.24) is 19.7 Å². The Labute approximate surface area is 182 Å². The maximum absolute atomic E-state index is 13.0. The van der Waals surface area contributed by atoms with Gasteiger partial charge in [0.2, 0.25) is 5.91 Å². The van der Waals surface area contributed by atoms with Crippen LogP contribution in [0.2, 0.25) is 0 Å². The van der Waals surface area contributed by atoms with E-state index in [1.165, 1.54) is 5.69 Å². The van der Waals surface area contributed by atoms with E-state index in [1.54, 1.807) is 0 Å². The van der Waals surface area contributed by atoms with E-state index in [9.17, 15) is 4.79 Å². The number of aromatic nitrogens is 3. The number of para-hydroxylation sites is 1. The molecule has 1 atom stereocenters. The van der Waals surface area contributed by atoms with Gasteiger partial charge >= 0.3 is 0 Å². The minimum absolute atomic E-state index is 0.0564. The van der Waals surface area contributed by atoms with Gasteiger partial charge in [0.05, 0.1) is 11.2 Å². The lowest BCUT2D eigenvalue weighted by molar-refractivity contribution is -0.132. The number of fused-ring (bicyclic) bond motifs is 3. The summed E-state index contributed by atoms with van der Waals surface area (Å²) in [6.45, 7) is 4.22. The van der Waals surface area contributed by atoms with Gasteiger partial charge in [-0.05, 0) is 49.8 Å². The number of amides is 1. The van der Waals surface area contributed by atoms with Crippen molar-refractivity contribution in [3.63, 3.8) is 0 Å². The molecular formula is C25H28N4O2. The molecule has 1 unspecified atom stereocenters. The average molecular weight is 417 g/mol. The lowest BCUT2D eigenvalue weighted by Gasteiger charge is -2.26. The molecule has 5 heterocycles. The summed E-state index contributed by atoms with van der Waals surface area (Å²) in [5.74, 6) is 0.805. The van der Waals surface area contributed by atoms with Crippen molar-refractivity contribution in [1.29, 1.82) is 0 Å². The van der Waals surface area contributed by atoms with Crippen LogP contribution in [0, 0.1) is 5.92 Å². The molecule has 160 valence electrons. The van der Waals surface area contributed by atoms with Crippen molar-refractivity contribution in [2.24, 2.45) is 5.92 Å². The second-order valence-corrected chi connectivity index (χ2v) is 9.41. The van der Waals surface area contributed by atoms with E-state index >= 15 is 0 Å². The van der Waals surface area contributed by atoms with Gasteiger partial charge in [-0.1, -0.05) is 18.2 Å². The van der Waals surface area contributed by atoms with E-state index in [4.69, 9.17) is 9.84 Å². The lowest BCUT2D eigenvalue weighted by atomic mass is 9.82. The summed E-state index contributed by atoms with van der Waals surface area (Å²) in [7, 11) is 0. The number of pyridine rings is 1. The number of hydrogen-bond donors (Lipinski definition) is 0. The highest BCUT2D eigenvalue weighted by Gasteiger charge is 2.47.